The molecule has 0 rings (SSSR count). The normalized spacial score (nSPS) is 14.4. The Morgan fingerprint density at radius 1 is 1.67 bits per heavy atom. The topological polar surface area (TPSA) is 43.1 Å². The third kappa shape index (κ3) is 3.06. The SMILES string of the molecule is CCCSC(=O)C(F)(F)[C@@H](C)N. The van der Waals surface area contributed by atoms with Crippen molar-refractivity contribution in [1.82, 2.24) is 0 Å². The van der Waals surface area contributed by atoms with Gasteiger partial charge in [0.1, 0.15) is 0 Å². The van der Waals surface area contributed by atoms with Gasteiger partial charge in [-0.3, -0.25) is 4.79 Å². The summed E-state index contributed by atoms with van der Waals surface area (Å²) < 4.78 is 25.5. The standard InChI is InChI=1S/C7H13F2NOS/c1-3-4-12-6(11)7(8,9)5(2)10/h5H,3-4,10H2,1-2H3/t5-/m1/s1. The molecule has 2 N–H and O–H groups in total. The second-order valence-electron chi connectivity index (χ2n) is 2.55. The summed E-state index contributed by atoms with van der Waals surface area (Å²) in [6.45, 7) is 2.95. The molecule has 0 heterocycles. The van der Waals surface area contributed by atoms with Gasteiger partial charge in [-0.2, -0.15) is 8.78 Å². The van der Waals surface area contributed by atoms with Crippen LogP contribution < -0.4 is 5.73 Å². The molecule has 0 aromatic carbocycles. The molecule has 0 fully saturated rings. The minimum atomic E-state index is -3.39. The summed E-state index contributed by atoms with van der Waals surface area (Å²) in [5.41, 5.74) is 4.96. The van der Waals surface area contributed by atoms with Gasteiger partial charge in [-0.1, -0.05) is 18.7 Å². The van der Waals surface area contributed by atoms with E-state index in [-0.39, 0.29) is 0 Å². The Bertz CT molecular complexity index is 161. The largest absolute Gasteiger partial charge is 0.329 e. The van der Waals surface area contributed by atoms with Crippen molar-refractivity contribution in [3.05, 3.63) is 0 Å². The predicted molar refractivity (Wildman–Crippen MR) is 46.4 cm³/mol. The number of carbonyl (C=O) groups excluding carboxylic acids is 1. The van der Waals surface area contributed by atoms with Gasteiger partial charge < -0.3 is 5.73 Å². The maximum Gasteiger partial charge on any atom is 0.329 e. The van der Waals surface area contributed by atoms with E-state index >= 15 is 0 Å². The van der Waals surface area contributed by atoms with E-state index in [4.69, 9.17) is 5.73 Å². The molecule has 0 aliphatic heterocycles. The molecular weight excluding hydrogens is 184 g/mol. The summed E-state index contributed by atoms with van der Waals surface area (Å²) in [6.07, 6.45) is 0.700. The lowest BCUT2D eigenvalue weighted by molar-refractivity contribution is -0.135. The van der Waals surface area contributed by atoms with Crippen molar-refractivity contribution in [2.45, 2.75) is 32.2 Å². The van der Waals surface area contributed by atoms with Crippen molar-refractivity contribution in [2.24, 2.45) is 5.73 Å². The summed E-state index contributed by atoms with van der Waals surface area (Å²) in [7, 11) is 0. The number of hydrogen-bond donors (Lipinski definition) is 1. The molecule has 72 valence electrons. The summed E-state index contributed by atoms with van der Waals surface area (Å²) in [4.78, 5) is 10.8. The Morgan fingerprint density at radius 2 is 2.17 bits per heavy atom. The Labute approximate surface area is 74.9 Å². The quantitative estimate of drug-likeness (QED) is 0.745. The molecule has 5 heteroatoms. The molecule has 0 saturated heterocycles. The monoisotopic (exact) mass is 197 g/mol. The maximum absolute atomic E-state index is 12.8. The van der Waals surface area contributed by atoms with Crippen LogP contribution >= 0.6 is 11.8 Å². The number of carbonyl (C=O) groups is 1. The minimum absolute atomic E-state index is 0.418. The van der Waals surface area contributed by atoms with Gasteiger partial charge in [-0.25, -0.2) is 0 Å². The van der Waals surface area contributed by atoms with E-state index in [1.54, 1.807) is 0 Å². The van der Waals surface area contributed by atoms with Crippen molar-refractivity contribution >= 4 is 16.9 Å². The summed E-state index contributed by atoms with van der Waals surface area (Å²) in [5.74, 6) is -2.97. The predicted octanol–water partition coefficient (Wildman–Crippen LogP) is 1.64. The number of alkyl halides is 2. The fourth-order valence-electron chi connectivity index (χ4n) is 0.477. The molecule has 0 aliphatic rings. The highest BCUT2D eigenvalue weighted by molar-refractivity contribution is 8.13. The molecular formula is C7H13F2NOS. The fraction of sp³-hybridized carbons (Fsp3) is 0.857. The zero-order valence-electron chi connectivity index (χ0n) is 7.14. The second kappa shape index (κ2) is 4.77. The fourth-order valence-corrected chi connectivity index (χ4v) is 1.24. The molecule has 1 atom stereocenters. The van der Waals surface area contributed by atoms with Gasteiger partial charge in [-0.05, 0) is 13.3 Å². The third-order valence-corrected chi connectivity index (χ3v) is 2.43. The molecule has 0 aromatic rings. The lowest BCUT2D eigenvalue weighted by atomic mass is 10.2. The van der Waals surface area contributed by atoms with Crippen LogP contribution in [0, 0.1) is 0 Å². The third-order valence-electron chi connectivity index (χ3n) is 1.28. The van der Waals surface area contributed by atoms with Crippen LogP contribution in [0.25, 0.3) is 0 Å². The molecule has 0 aliphatic carbocycles. The number of rotatable bonds is 4. The molecule has 0 bridgehead atoms. The highest BCUT2D eigenvalue weighted by Crippen LogP contribution is 2.24. The number of halogens is 2. The smallest absolute Gasteiger partial charge is 0.322 e. The Balaban J connectivity index is 4.07. The Kier molecular flexibility index (Phi) is 4.70. The lowest BCUT2D eigenvalue weighted by Gasteiger charge is -2.17. The molecule has 12 heavy (non-hydrogen) atoms. The van der Waals surface area contributed by atoms with Crippen molar-refractivity contribution in [3.63, 3.8) is 0 Å². The zero-order valence-corrected chi connectivity index (χ0v) is 7.96. The molecule has 0 unspecified atom stereocenters. The molecule has 2 nitrogen and oxygen atoms in total. The van der Waals surface area contributed by atoms with Crippen LogP contribution in [0.15, 0.2) is 0 Å². The van der Waals surface area contributed by atoms with Gasteiger partial charge in [0.05, 0.1) is 6.04 Å². The first-order valence-electron chi connectivity index (χ1n) is 3.73. The van der Waals surface area contributed by atoms with Crippen molar-refractivity contribution < 1.29 is 13.6 Å². The average molecular weight is 197 g/mol. The van der Waals surface area contributed by atoms with E-state index in [1.807, 2.05) is 6.92 Å². The van der Waals surface area contributed by atoms with E-state index in [0.29, 0.717) is 23.9 Å². The van der Waals surface area contributed by atoms with E-state index in [9.17, 15) is 13.6 Å². The van der Waals surface area contributed by atoms with Crippen molar-refractivity contribution in [1.29, 1.82) is 0 Å². The lowest BCUT2D eigenvalue weighted by Crippen LogP contribution is -2.43. The van der Waals surface area contributed by atoms with E-state index in [0.717, 1.165) is 6.92 Å². The number of nitrogens with two attached hydrogens (primary N) is 1. The van der Waals surface area contributed by atoms with Gasteiger partial charge >= 0.3 is 5.92 Å². The molecule has 0 aromatic heterocycles. The number of thioether (sulfide) groups is 1. The van der Waals surface area contributed by atoms with Crippen LogP contribution in [0.4, 0.5) is 8.78 Å². The van der Waals surface area contributed by atoms with Gasteiger partial charge in [0.25, 0.3) is 5.12 Å². The van der Waals surface area contributed by atoms with Crippen LogP contribution in [-0.4, -0.2) is 22.8 Å². The first kappa shape index (κ1) is 11.8. The Hall–Kier alpha value is -0.160. The van der Waals surface area contributed by atoms with Gasteiger partial charge in [0, 0.05) is 5.75 Å². The van der Waals surface area contributed by atoms with E-state index in [1.165, 1.54) is 0 Å². The summed E-state index contributed by atoms with van der Waals surface area (Å²) >= 11 is 0.643. The first-order valence-corrected chi connectivity index (χ1v) is 4.72. The van der Waals surface area contributed by atoms with Gasteiger partial charge in [0.2, 0.25) is 0 Å². The molecule has 0 amide bonds. The second-order valence-corrected chi connectivity index (χ2v) is 3.62. The maximum atomic E-state index is 12.8. The first-order chi connectivity index (χ1) is 5.42. The highest BCUT2D eigenvalue weighted by Gasteiger charge is 2.42. The van der Waals surface area contributed by atoms with Crippen LogP contribution in [0.5, 0.6) is 0 Å². The van der Waals surface area contributed by atoms with Crippen molar-refractivity contribution in [2.75, 3.05) is 5.75 Å². The van der Waals surface area contributed by atoms with Crippen molar-refractivity contribution in [3.8, 4) is 0 Å². The van der Waals surface area contributed by atoms with Crippen LogP contribution in [-0.2, 0) is 4.79 Å². The molecule has 0 spiro atoms. The van der Waals surface area contributed by atoms with Crippen LogP contribution in [0.2, 0.25) is 0 Å². The van der Waals surface area contributed by atoms with Gasteiger partial charge in [0.15, 0.2) is 0 Å². The molecule has 0 radical (unpaired) electrons. The zero-order chi connectivity index (χ0) is 9.78. The highest BCUT2D eigenvalue weighted by atomic mass is 32.2. The number of hydrogen-bond acceptors (Lipinski definition) is 3. The van der Waals surface area contributed by atoms with E-state index < -0.39 is 17.1 Å². The summed E-state index contributed by atoms with van der Waals surface area (Å²) in [5, 5.41) is -1.13. The van der Waals surface area contributed by atoms with E-state index in [2.05, 4.69) is 0 Å². The van der Waals surface area contributed by atoms with Crippen LogP contribution in [0.1, 0.15) is 20.3 Å². The minimum Gasteiger partial charge on any atom is -0.322 e. The van der Waals surface area contributed by atoms with Crippen LogP contribution in [0.3, 0.4) is 0 Å². The molecule has 0 saturated carbocycles. The Morgan fingerprint density at radius 3 is 2.50 bits per heavy atom. The summed E-state index contributed by atoms with van der Waals surface area (Å²) in [6, 6.07) is -1.41. The van der Waals surface area contributed by atoms with Gasteiger partial charge in [-0.15, -0.1) is 0 Å². The average Bonchev–Trinajstić information content (AvgIpc) is 1.99.